The summed E-state index contributed by atoms with van der Waals surface area (Å²) in [4.78, 5) is 33.8. The molecule has 0 saturated carbocycles. The van der Waals surface area contributed by atoms with Crippen LogP contribution < -0.4 is 4.74 Å². The van der Waals surface area contributed by atoms with E-state index in [4.69, 9.17) is 9.47 Å². The van der Waals surface area contributed by atoms with E-state index in [9.17, 15) is 14.4 Å². The minimum Gasteiger partial charge on any atom is -0.463 e. The molecule has 1 aromatic carbocycles. The molecule has 0 aliphatic rings. The summed E-state index contributed by atoms with van der Waals surface area (Å²) in [5, 5.41) is 0. The molecule has 0 aliphatic carbocycles. The van der Waals surface area contributed by atoms with Gasteiger partial charge in [0.1, 0.15) is 5.75 Å². The van der Waals surface area contributed by atoms with E-state index >= 15 is 0 Å². The third kappa shape index (κ3) is 8.77. The fourth-order valence-electron chi connectivity index (χ4n) is 1.45. The molecule has 0 bridgehead atoms. The number of esters is 3. The molecule has 0 unspecified atom stereocenters. The van der Waals surface area contributed by atoms with Gasteiger partial charge in [0, 0.05) is 23.0 Å². The molecule has 0 heterocycles. The quantitative estimate of drug-likeness (QED) is 0.296. The fourth-order valence-corrected chi connectivity index (χ4v) is 1.71. The Hall–Kier alpha value is -2.15. The van der Waals surface area contributed by atoms with Gasteiger partial charge in [-0.05, 0) is 37.6 Å². The molecule has 0 saturated heterocycles. The first-order chi connectivity index (χ1) is 11.0. The van der Waals surface area contributed by atoms with Crippen LogP contribution in [0.15, 0.2) is 40.9 Å². The molecular weight excluding hydrogens is 368 g/mol. The van der Waals surface area contributed by atoms with Gasteiger partial charge in [0.2, 0.25) is 0 Å². The van der Waals surface area contributed by atoms with E-state index in [1.165, 1.54) is 0 Å². The maximum absolute atomic E-state index is 11.6. The van der Waals surface area contributed by atoms with Crippen molar-refractivity contribution in [2.45, 2.75) is 19.8 Å². The Labute approximate surface area is 142 Å². The number of carbonyl (C=O) groups excluding carboxylic acids is 3. The zero-order valence-electron chi connectivity index (χ0n) is 12.6. The van der Waals surface area contributed by atoms with Crippen LogP contribution in [0.25, 0.3) is 0 Å². The van der Waals surface area contributed by atoms with Gasteiger partial charge < -0.3 is 14.2 Å². The van der Waals surface area contributed by atoms with Crippen molar-refractivity contribution >= 4 is 33.8 Å². The van der Waals surface area contributed by atoms with Crippen LogP contribution in [-0.2, 0) is 23.9 Å². The summed E-state index contributed by atoms with van der Waals surface area (Å²) in [7, 11) is 0. The lowest BCUT2D eigenvalue weighted by molar-refractivity contribution is -0.141. The SMILES string of the molecule is CCOC(=O)/C=C/C(=O)OCCCC(=O)Oc1ccc(Br)cc1. The minimum absolute atomic E-state index is 0.0570. The van der Waals surface area contributed by atoms with E-state index in [1.54, 1.807) is 31.2 Å². The van der Waals surface area contributed by atoms with Crippen LogP contribution in [-0.4, -0.2) is 31.1 Å². The molecule has 6 nitrogen and oxygen atoms in total. The molecular formula is C16H17BrO6. The molecule has 0 fully saturated rings. The van der Waals surface area contributed by atoms with Crippen LogP contribution in [0.2, 0.25) is 0 Å². The summed E-state index contributed by atoms with van der Waals surface area (Å²) >= 11 is 3.28. The summed E-state index contributed by atoms with van der Waals surface area (Å²) in [6, 6.07) is 6.87. The lowest BCUT2D eigenvalue weighted by atomic mass is 10.3. The average Bonchev–Trinajstić information content (AvgIpc) is 2.52. The molecule has 0 aromatic heterocycles. The molecule has 1 rings (SSSR count). The van der Waals surface area contributed by atoms with Crippen molar-refractivity contribution in [1.82, 2.24) is 0 Å². The number of halogens is 1. The highest BCUT2D eigenvalue weighted by Gasteiger charge is 2.06. The predicted octanol–water partition coefficient (Wildman–Crippen LogP) is 2.80. The highest BCUT2D eigenvalue weighted by atomic mass is 79.9. The number of ether oxygens (including phenoxy) is 3. The van der Waals surface area contributed by atoms with Gasteiger partial charge in [0.05, 0.1) is 13.2 Å². The van der Waals surface area contributed by atoms with Crippen LogP contribution >= 0.6 is 15.9 Å². The standard InChI is InChI=1S/C16H17BrO6/c1-2-21-14(18)9-10-15(19)22-11-3-4-16(20)23-13-7-5-12(17)6-8-13/h5-10H,2-4,11H2,1H3/b10-9+. The number of benzene rings is 1. The minimum atomic E-state index is -0.667. The topological polar surface area (TPSA) is 78.9 Å². The zero-order chi connectivity index (χ0) is 17.1. The van der Waals surface area contributed by atoms with Crippen molar-refractivity contribution in [2.75, 3.05) is 13.2 Å². The molecule has 0 N–H and O–H groups in total. The second-order valence-corrected chi connectivity index (χ2v) is 5.20. The highest BCUT2D eigenvalue weighted by molar-refractivity contribution is 9.10. The summed E-state index contributed by atoms with van der Waals surface area (Å²) in [5.41, 5.74) is 0. The van der Waals surface area contributed by atoms with Gasteiger partial charge in [-0.2, -0.15) is 0 Å². The number of rotatable bonds is 8. The van der Waals surface area contributed by atoms with Crippen molar-refractivity contribution in [2.24, 2.45) is 0 Å². The summed E-state index contributed by atoms with van der Waals surface area (Å²) in [6.07, 6.45) is 2.42. The summed E-state index contributed by atoms with van der Waals surface area (Å²) < 4.78 is 15.5. The van der Waals surface area contributed by atoms with Crippen LogP contribution in [0.4, 0.5) is 0 Å². The lowest BCUT2D eigenvalue weighted by Gasteiger charge is -2.04. The molecule has 124 valence electrons. The molecule has 0 amide bonds. The van der Waals surface area contributed by atoms with Crippen molar-refractivity contribution in [1.29, 1.82) is 0 Å². The van der Waals surface area contributed by atoms with Gasteiger partial charge in [-0.25, -0.2) is 9.59 Å². The Kier molecular flexibility index (Phi) is 8.67. The maximum Gasteiger partial charge on any atom is 0.331 e. The van der Waals surface area contributed by atoms with Crippen LogP contribution in [0, 0.1) is 0 Å². The van der Waals surface area contributed by atoms with E-state index in [-0.39, 0.29) is 19.6 Å². The van der Waals surface area contributed by atoms with Gasteiger partial charge in [-0.3, -0.25) is 4.79 Å². The van der Waals surface area contributed by atoms with E-state index in [0.29, 0.717) is 12.2 Å². The van der Waals surface area contributed by atoms with Crippen LogP contribution in [0.3, 0.4) is 0 Å². The second-order valence-electron chi connectivity index (χ2n) is 4.28. The van der Waals surface area contributed by atoms with Gasteiger partial charge in [0.25, 0.3) is 0 Å². The number of hydrogen-bond donors (Lipinski definition) is 0. The molecule has 23 heavy (non-hydrogen) atoms. The lowest BCUT2D eigenvalue weighted by Crippen LogP contribution is -2.10. The van der Waals surface area contributed by atoms with Gasteiger partial charge in [0.15, 0.2) is 0 Å². The molecule has 0 radical (unpaired) electrons. The van der Waals surface area contributed by atoms with Crippen molar-refractivity contribution in [3.05, 3.63) is 40.9 Å². The van der Waals surface area contributed by atoms with Gasteiger partial charge in [-0.15, -0.1) is 0 Å². The van der Waals surface area contributed by atoms with E-state index in [1.807, 2.05) is 0 Å². The highest BCUT2D eigenvalue weighted by Crippen LogP contribution is 2.16. The van der Waals surface area contributed by atoms with Gasteiger partial charge >= 0.3 is 17.9 Å². The van der Waals surface area contributed by atoms with E-state index < -0.39 is 17.9 Å². The third-order valence-electron chi connectivity index (χ3n) is 2.46. The largest absolute Gasteiger partial charge is 0.463 e. The van der Waals surface area contributed by atoms with Gasteiger partial charge in [-0.1, -0.05) is 15.9 Å². The normalized spacial score (nSPS) is 10.3. The first kappa shape index (κ1) is 18.9. The molecule has 7 heteroatoms. The monoisotopic (exact) mass is 384 g/mol. The average molecular weight is 385 g/mol. The first-order valence-electron chi connectivity index (χ1n) is 6.99. The van der Waals surface area contributed by atoms with Crippen LogP contribution in [0.1, 0.15) is 19.8 Å². The van der Waals surface area contributed by atoms with E-state index in [0.717, 1.165) is 16.6 Å². The Bertz CT molecular complexity index is 564. The predicted molar refractivity (Wildman–Crippen MR) is 85.7 cm³/mol. The summed E-state index contributed by atoms with van der Waals surface area (Å²) in [6.45, 7) is 1.96. The van der Waals surface area contributed by atoms with Crippen molar-refractivity contribution in [3.8, 4) is 5.75 Å². The number of carbonyl (C=O) groups is 3. The second kappa shape index (κ2) is 10.6. The molecule has 1 aromatic rings. The third-order valence-corrected chi connectivity index (χ3v) is 2.99. The Morgan fingerprint density at radius 3 is 2.26 bits per heavy atom. The van der Waals surface area contributed by atoms with Crippen LogP contribution in [0.5, 0.6) is 5.75 Å². The summed E-state index contributed by atoms with van der Waals surface area (Å²) in [5.74, 6) is -1.24. The molecule has 0 atom stereocenters. The maximum atomic E-state index is 11.6. The molecule has 0 aliphatic heterocycles. The Morgan fingerprint density at radius 1 is 1.04 bits per heavy atom. The number of hydrogen-bond acceptors (Lipinski definition) is 6. The fraction of sp³-hybridized carbons (Fsp3) is 0.312. The Balaban J connectivity index is 2.18. The smallest absolute Gasteiger partial charge is 0.331 e. The zero-order valence-corrected chi connectivity index (χ0v) is 14.2. The van der Waals surface area contributed by atoms with Crippen molar-refractivity contribution < 1.29 is 28.6 Å². The molecule has 0 spiro atoms. The van der Waals surface area contributed by atoms with Crippen molar-refractivity contribution in [3.63, 3.8) is 0 Å². The first-order valence-corrected chi connectivity index (χ1v) is 7.78. The van der Waals surface area contributed by atoms with E-state index in [2.05, 4.69) is 20.7 Å². The Morgan fingerprint density at radius 2 is 1.65 bits per heavy atom.